The normalized spacial score (nSPS) is 10.7. The average Bonchev–Trinajstić information content (AvgIpc) is 2.72. The first-order valence-electron chi connectivity index (χ1n) is 6.11. The van der Waals surface area contributed by atoms with Crippen molar-refractivity contribution in [2.24, 2.45) is 0 Å². The Morgan fingerprint density at radius 3 is 2.55 bits per heavy atom. The summed E-state index contributed by atoms with van der Waals surface area (Å²) in [5, 5.41) is 7.85. The Hall–Kier alpha value is -1.52. The van der Waals surface area contributed by atoms with Crippen LogP contribution in [0, 0.1) is 13.8 Å². The number of nitrogens with zero attached hydrogens (tertiary/aromatic N) is 2. The van der Waals surface area contributed by atoms with E-state index in [9.17, 15) is 4.79 Å². The van der Waals surface area contributed by atoms with Crippen LogP contribution >= 0.6 is 23.2 Å². The zero-order valence-electron chi connectivity index (χ0n) is 11.5. The number of carbonyl (C=O) groups excluding carboxylic acids is 1. The van der Waals surface area contributed by atoms with Gasteiger partial charge in [-0.2, -0.15) is 5.10 Å². The Morgan fingerprint density at radius 2 is 2.00 bits per heavy atom. The van der Waals surface area contributed by atoms with Gasteiger partial charge in [0.2, 0.25) is 0 Å². The molecule has 0 saturated carbocycles. The van der Waals surface area contributed by atoms with Crippen LogP contribution in [0.15, 0.2) is 18.2 Å². The molecule has 0 bridgehead atoms. The third kappa shape index (κ3) is 2.97. The smallest absolute Gasteiger partial charge is 0.257 e. The molecule has 0 saturated heterocycles. The van der Waals surface area contributed by atoms with Gasteiger partial charge in [0.15, 0.2) is 0 Å². The minimum absolute atomic E-state index is 0.0696. The van der Waals surface area contributed by atoms with Crippen molar-refractivity contribution in [2.45, 2.75) is 20.4 Å². The van der Waals surface area contributed by atoms with Crippen LogP contribution in [-0.2, 0) is 6.54 Å². The van der Waals surface area contributed by atoms with Gasteiger partial charge >= 0.3 is 0 Å². The molecule has 0 unspecified atom stereocenters. The Bertz CT molecular complexity index is 632. The molecule has 1 aromatic heterocycles. The molecular weight excluding hydrogens is 297 g/mol. The van der Waals surface area contributed by atoms with Gasteiger partial charge in [0, 0.05) is 19.3 Å². The second kappa shape index (κ2) is 5.85. The number of aromatic amines is 1. The van der Waals surface area contributed by atoms with E-state index in [0.717, 1.165) is 11.3 Å². The van der Waals surface area contributed by atoms with Gasteiger partial charge in [-0.15, -0.1) is 0 Å². The number of amides is 1. The van der Waals surface area contributed by atoms with Crippen LogP contribution in [0.1, 0.15) is 27.3 Å². The molecule has 0 aliphatic heterocycles. The van der Waals surface area contributed by atoms with Gasteiger partial charge in [-0.25, -0.2) is 0 Å². The molecule has 2 aromatic rings. The van der Waals surface area contributed by atoms with Crippen LogP contribution in [0.3, 0.4) is 0 Å². The highest BCUT2D eigenvalue weighted by molar-refractivity contribution is 6.42. The molecule has 0 aliphatic rings. The van der Waals surface area contributed by atoms with Crippen molar-refractivity contribution in [3.63, 3.8) is 0 Å². The molecular formula is C14H15Cl2N3O. The van der Waals surface area contributed by atoms with Crippen molar-refractivity contribution in [1.82, 2.24) is 15.1 Å². The highest BCUT2D eigenvalue weighted by atomic mass is 35.5. The summed E-state index contributed by atoms with van der Waals surface area (Å²) in [7, 11) is 1.75. The predicted molar refractivity (Wildman–Crippen MR) is 80.3 cm³/mol. The van der Waals surface area contributed by atoms with E-state index in [1.807, 2.05) is 19.9 Å². The van der Waals surface area contributed by atoms with E-state index in [1.54, 1.807) is 24.1 Å². The summed E-state index contributed by atoms with van der Waals surface area (Å²) >= 11 is 11.9. The van der Waals surface area contributed by atoms with Crippen molar-refractivity contribution < 1.29 is 4.79 Å². The molecule has 20 heavy (non-hydrogen) atoms. The third-order valence-corrected chi connectivity index (χ3v) is 3.83. The molecule has 0 atom stereocenters. The molecule has 2 rings (SSSR count). The molecule has 6 heteroatoms. The first-order chi connectivity index (χ1) is 9.40. The van der Waals surface area contributed by atoms with Crippen LogP contribution in [0.4, 0.5) is 0 Å². The van der Waals surface area contributed by atoms with E-state index in [-0.39, 0.29) is 5.91 Å². The molecule has 1 N–H and O–H groups in total. The lowest BCUT2D eigenvalue weighted by Crippen LogP contribution is -2.27. The molecule has 0 aliphatic carbocycles. The van der Waals surface area contributed by atoms with E-state index in [2.05, 4.69) is 10.2 Å². The van der Waals surface area contributed by atoms with Gasteiger partial charge < -0.3 is 4.90 Å². The van der Waals surface area contributed by atoms with Crippen LogP contribution in [0.5, 0.6) is 0 Å². The Kier molecular flexibility index (Phi) is 4.35. The lowest BCUT2D eigenvalue weighted by molar-refractivity contribution is 0.0783. The number of benzene rings is 1. The van der Waals surface area contributed by atoms with E-state index in [0.29, 0.717) is 27.8 Å². The molecule has 0 spiro atoms. The van der Waals surface area contributed by atoms with Crippen molar-refractivity contribution in [1.29, 1.82) is 0 Å². The Balaban J connectivity index is 2.17. The largest absolute Gasteiger partial charge is 0.337 e. The minimum Gasteiger partial charge on any atom is -0.337 e. The fraction of sp³-hybridized carbons (Fsp3) is 0.286. The summed E-state index contributed by atoms with van der Waals surface area (Å²) in [6.45, 7) is 4.10. The minimum atomic E-state index is -0.0696. The highest BCUT2D eigenvalue weighted by Gasteiger charge is 2.19. The molecule has 1 aromatic carbocycles. The number of halogens is 2. The Morgan fingerprint density at radius 1 is 1.30 bits per heavy atom. The zero-order chi connectivity index (χ0) is 14.9. The van der Waals surface area contributed by atoms with E-state index < -0.39 is 0 Å². The molecule has 106 valence electrons. The quantitative estimate of drug-likeness (QED) is 0.941. The SMILES string of the molecule is Cc1n[nH]c(C)c1C(=O)N(C)Cc1ccc(Cl)c(Cl)c1. The molecule has 0 fully saturated rings. The average molecular weight is 312 g/mol. The predicted octanol–water partition coefficient (Wildman–Crippen LogP) is 3.61. The maximum absolute atomic E-state index is 12.4. The highest BCUT2D eigenvalue weighted by Crippen LogP contribution is 2.23. The maximum atomic E-state index is 12.4. The Labute approximate surface area is 127 Å². The standard InChI is InChI=1S/C14H15Cl2N3O/c1-8-13(9(2)18-17-8)14(20)19(3)7-10-4-5-11(15)12(16)6-10/h4-6H,7H2,1-3H3,(H,17,18). The second-order valence-electron chi connectivity index (χ2n) is 4.72. The van der Waals surface area contributed by atoms with Gasteiger partial charge in [0.05, 0.1) is 21.3 Å². The van der Waals surface area contributed by atoms with Gasteiger partial charge in [-0.3, -0.25) is 9.89 Å². The van der Waals surface area contributed by atoms with Gasteiger partial charge in [0.25, 0.3) is 5.91 Å². The molecule has 4 nitrogen and oxygen atoms in total. The first kappa shape index (κ1) is 14.9. The first-order valence-corrected chi connectivity index (χ1v) is 6.86. The molecule has 0 radical (unpaired) electrons. The number of hydrogen-bond donors (Lipinski definition) is 1. The van der Waals surface area contributed by atoms with Crippen LogP contribution < -0.4 is 0 Å². The fourth-order valence-electron chi connectivity index (χ4n) is 2.04. The van der Waals surface area contributed by atoms with Crippen molar-refractivity contribution in [3.05, 3.63) is 50.8 Å². The fourth-order valence-corrected chi connectivity index (χ4v) is 2.36. The van der Waals surface area contributed by atoms with Crippen molar-refractivity contribution in [3.8, 4) is 0 Å². The van der Waals surface area contributed by atoms with E-state index in [4.69, 9.17) is 23.2 Å². The summed E-state index contributed by atoms with van der Waals surface area (Å²) < 4.78 is 0. The molecule has 1 heterocycles. The number of nitrogens with one attached hydrogen (secondary N) is 1. The summed E-state index contributed by atoms with van der Waals surface area (Å²) in [4.78, 5) is 14.0. The van der Waals surface area contributed by atoms with Gasteiger partial charge in [-0.1, -0.05) is 29.3 Å². The number of carbonyl (C=O) groups is 1. The van der Waals surface area contributed by atoms with Crippen LogP contribution in [0.25, 0.3) is 0 Å². The number of hydrogen-bond acceptors (Lipinski definition) is 2. The summed E-state index contributed by atoms with van der Waals surface area (Å²) in [6, 6.07) is 5.35. The van der Waals surface area contributed by atoms with Crippen molar-refractivity contribution >= 4 is 29.1 Å². The van der Waals surface area contributed by atoms with E-state index in [1.165, 1.54) is 0 Å². The topological polar surface area (TPSA) is 49.0 Å². The lowest BCUT2D eigenvalue weighted by atomic mass is 10.1. The number of H-pyrrole nitrogens is 1. The van der Waals surface area contributed by atoms with E-state index >= 15 is 0 Å². The maximum Gasteiger partial charge on any atom is 0.257 e. The number of aromatic nitrogens is 2. The second-order valence-corrected chi connectivity index (χ2v) is 5.53. The summed E-state index contributed by atoms with van der Waals surface area (Å²) in [6.07, 6.45) is 0. The lowest BCUT2D eigenvalue weighted by Gasteiger charge is -2.17. The summed E-state index contributed by atoms with van der Waals surface area (Å²) in [5.74, 6) is -0.0696. The summed E-state index contributed by atoms with van der Waals surface area (Å²) in [5.41, 5.74) is 3.02. The van der Waals surface area contributed by atoms with Gasteiger partial charge in [0.1, 0.15) is 0 Å². The number of aryl methyl sites for hydroxylation is 2. The number of rotatable bonds is 3. The van der Waals surface area contributed by atoms with Crippen molar-refractivity contribution in [2.75, 3.05) is 7.05 Å². The van der Waals surface area contributed by atoms with Gasteiger partial charge in [-0.05, 0) is 31.5 Å². The van der Waals surface area contributed by atoms with Crippen LogP contribution in [-0.4, -0.2) is 28.1 Å². The zero-order valence-corrected chi connectivity index (χ0v) is 13.0. The third-order valence-electron chi connectivity index (χ3n) is 3.09. The van der Waals surface area contributed by atoms with Crippen LogP contribution in [0.2, 0.25) is 10.0 Å². The molecule has 1 amide bonds. The monoisotopic (exact) mass is 311 g/mol.